The number of thiazole rings is 4. The molecule has 2 bridgehead atoms. The number of nitrogens with zero attached hydrogens (tertiary/aromatic N) is 8. The van der Waals surface area contributed by atoms with E-state index in [1.807, 2.05) is 103 Å². The molecule has 4 aromatic heterocycles. The number of nitrogens with one attached hydrogen (secondary N) is 5. The van der Waals surface area contributed by atoms with Crippen LogP contribution in [0.5, 0.6) is 23.0 Å². The largest absolute Gasteiger partial charge is 0.490 e. The Balaban J connectivity index is 0.000000138. The summed E-state index contributed by atoms with van der Waals surface area (Å²) in [5.74, 6) is 2.72. The van der Waals surface area contributed by atoms with Crippen LogP contribution in [-0.2, 0) is 64.0 Å². The highest BCUT2D eigenvalue weighted by molar-refractivity contribution is 9.11. The molecular weight excluding hydrogens is 1560 g/mol. The standard InChI is InChI=1S/C22H22N4O5S.C17H19N3O2S.C16H17N3O2S.C9H11NO.C8H9BrN2OS.3CO2/c1-22(2)9-13-17(18(27)24-22)32-21(23-13)25-5-6-30-16-4-3-11(7-14(16)25)19(28)26-10-12-8-15(26)20(29)31-12;1-10-4-5-13-12(8-10)20(6-7-22-13)16-18-11-9-17(2,3)19-15(21)14(11)23-16;1-16(2)9-10-13(14(20)18-16)22-15(17-10)19-7-8-21-12-6-4-3-5-11(12)19;1-7-2-3-9-8(6-7)10-4-5-11-9;1-8(2)3-4-5(6(12)11-8)13-7(9)10-4;3*2-1-3/h3-4,7,12,15H,5-6,8-10H2,1-2H3,(H,24,27);4-5,8H,6-7,9H2,1-3H3,(H,19,21);3-6H,7-9H2,1-2H3,(H,18,20);2-3,6,10H,4-5H2,1H3;3H2,1-2H3,(H,11,12);;;/t12-,15-;;;;;;;/m0......./s1. The van der Waals surface area contributed by atoms with Gasteiger partial charge in [-0.1, -0.05) is 58.3 Å². The Hall–Kier alpha value is -10.8. The van der Waals surface area contributed by atoms with Crippen molar-refractivity contribution in [2.75, 3.05) is 79.2 Å². The van der Waals surface area contributed by atoms with Crippen molar-refractivity contribution in [3.8, 4) is 23.0 Å². The van der Waals surface area contributed by atoms with Crippen LogP contribution < -0.4 is 60.2 Å². The van der Waals surface area contributed by atoms with E-state index < -0.39 is 6.04 Å². The third-order valence-electron chi connectivity index (χ3n) is 18.2. The lowest BCUT2D eigenvalue weighted by Gasteiger charge is -2.30. The van der Waals surface area contributed by atoms with Crippen molar-refractivity contribution in [2.45, 2.75) is 136 Å². The van der Waals surface area contributed by atoms with E-state index in [9.17, 15) is 28.8 Å². The molecule has 2 fully saturated rings. The molecular formula is C75H78BrN13O17S4. The first-order valence-corrected chi connectivity index (χ1v) is 38.9. The number of amides is 5. The topological polar surface area (TPSA) is 376 Å². The van der Waals surface area contributed by atoms with Crippen molar-refractivity contribution in [1.82, 2.24) is 46.1 Å². The normalized spacial score (nSPS) is 19.0. The van der Waals surface area contributed by atoms with Crippen LogP contribution >= 0.6 is 61.3 Å². The number of aromatic nitrogens is 4. The van der Waals surface area contributed by atoms with E-state index in [1.165, 1.54) is 56.5 Å². The Labute approximate surface area is 656 Å². The Morgan fingerprint density at radius 1 is 0.491 bits per heavy atom. The molecule has 5 amide bonds. The number of likely N-dealkylation sites (tertiary alicyclic amines) is 1. The van der Waals surface area contributed by atoms with Crippen LogP contribution in [0.1, 0.15) is 145 Å². The molecule has 5 N–H and O–H groups in total. The zero-order valence-electron chi connectivity index (χ0n) is 61.6. The second-order valence-electron chi connectivity index (χ2n) is 29.0. The fourth-order valence-corrected chi connectivity index (χ4v) is 18.1. The number of anilines is 7. The number of esters is 1. The highest BCUT2D eigenvalue weighted by atomic mass is 79.9. The first kappa shape index (κ1) is 80.3. The van der Waals surface area contributed by atoms with Gasteiger partial charge in [0.15, 0.2) is 19.3 Å². The molecule has 10 aliphatic rings. The van der Waals surface area contributed by atoms with Gasteiger partial charge in [-0.2, -0.15) is 28.8 Å². The lowest BCUT2D eigenvalue weighted by Crippen LogP contribution is -2.48. The molecule has 0 aliphatic carbocycles. The molecule has 35 heteroatoms. The zero-order valence-corrected chi connectivity index (χ0v) is 66.4. The van der Waals surface area contributed by atoms with E-state index in [-0.39, 0.29) is 82.2 Å². The molecule has 4 aromatic carbocycles. The zero-order chi connectivity index (χ0) is 79.1. The van der Waals surface area contributed by atoms with Crippen molar-refractivity contribution in [3.63, 3.8) is 0 Å². The maximum atomic E-state index is 13.2. The van der Waals surface area contributed by atoms with Crippen LogP contribution in [0.2, 0.25) is 0 Å². The average Bonchev–Trinajstić information content (AvgIpc) is 1.61. The summed E-state index contributed by atoms with van der Waals surface area (Å²) in [6, 6.07) is 25.1. The van der Waals surface area contributed by atoms with E-state index in [1.54, 1.807) is 23.1 Å². The van der Waals surface area contributed by atoms with Crippen molar-refractivity contribution < 1.29 is 81.2 Å². The van der Waals surface area contributed by atoms with Crippen LogP contribution in [0.3, 0.4) is 0 Å². The number of carbonyl (C=O) groups is 6. The molecule has 10 aliphatic heterocycles. The Morgan fingerprint density at radius 2 is 0.882 bits per heavy atom. The summed E-state index contributed by atoms with van der Waals surface area (Å²) in [6.07, 6.45) is 4.09. The fraction of sp³-hybridized carbons (Fsp3) is 0.400. The van der Waals surface area contributed by atoms with Crippen LogP contribution in [0.4, 0.5) is 38.1 Å². The van der Waals surface area contributed by atoms with Gasteiger partial charge in [0.25, 0.3) is 29.5 Å². The third kappa shape index (κ3) is 18.6. The number of morpholine rings is 1. The minimum absolute atomic E-state index is 0.00514. The van der Waals surface area contributed by atoms with Gasteiger partial charge in [-0.15, -0.1) is 11.3 Å². The SMILES string of the molecule is CC1(C)Cc2nc(Br)sc2C(=O)N1.CC1(C)Cc2nc(N3CCOc4ccc(C(=O)N5C[C@@H]6C[C@H]5C(=O)O6)cc43)sc2C(=O)N1.CC1(C)Cc2nc(N3CCOc4ccccc43)sc2C(=O)N1.Cc1ccc2c(c1)N(c1nc3c(s1)C(=O)NC(C)(C)C3)CCO2.Cc1ccc2c(c1)NCCO2.O=C=O.O=C=O.O=C=O. The summed E-state index contributed by atoms with van der Waals surface area (Å²) < 4.78 is 28.6. The molecule has 110 heavy (non-hydrogen) atoms. The van der Waals surface area contributed by atoms with Crippen LogP contribution in [0.25, 0.3) is 0 Å². The van der Waals surface area contributed by atoms with Gasteiger partial charge in [-0.25, -0.2) is 24.7 Å². The number of aryl methyl sites for hydroxylation is 2. The molecule has 0 spiro atoms. The Bertz CT molecular complexity index is 4950. The summed E-state index contributed by atoms with van der Waals surface area (Å²) >= 11 is 8.96. The number of fused-ring (bicyclic) bond motifs is 10. The van der Waals surface area contributed by atoms with Gasteiger partial charge in [0.05, 0.1) is 71.7 Å². The summed E-state index contributed by atoms with van der Waals surface area (Å²) in [7, 11) is 0. The Morgan fingerprint density at radius 3 is 1.35 bits per heavy atom. The van der Waals surface area contributed by atoms with Gasteiger partial charge >= 0.3 is 24.4 Å². The molecule has 0 radical (unpaired) electrons. The molecule has 8 aromatic rings. The number of hydrogen-bond donors (Lipinski definition) is 5. The minimum Gasteiger partial charge on any atom is -0.490 e. The highest BCUT2D eigenvalue weighted by Gasteiger charge is 2.49. The molecule has 2 atom stereocenters. The minimum atomic E-state index is -0.497. The summed E-state index contributed by atoms with van der Waals surface area (Å²) in [4.78, 5) is 152. The maximum Gasteiger partial charge on any atom is 0.373 e. The first-order chi connectivity index (χ1) is 52.3. The van der Waals surface area contributed by atoms with Crippen LogP contribution in [0, 0.1) is 13.8 Å². The van der Waals surface area contributed by atoms with E-state index in [0.717, 1.165) is 137 Å². The average molecular weight is 1640 g/mol. The molecule has 576 valence electrons. The molecule has 30 nitrogen and oxygen atoms in total. The monoisotopic (exact) mass is 1640 g/mol. The van der Waals surface area contributed by atoms with Crippen molar-refractivity contribution in [3.05, 3.63) is 142 Å². The third-order valence-corrected chi connectivity index (χ3v) is 23.1. The summed E-state index contributed by atoms with van der Waals surface area (Å²) in [5.41, 5.74) is 9.35. The second-order valence-corrected chi connectivity index (χ2v) is 34.2. The fourth-order valence-electron chi connectivity index (χ4n) is 13.6. The number of hydrogen-bond acceptors (Lipinski definition) is 29. The number of para-hydroxylation sites is 2. The van der Waals surface area contributed by atoms with Gasteiger partial charge in [-0.3, -0.25) is 24.0 Å². The molecule has 2 saturated heterocycles. The van der Waals surface area contributed by atoms with Crippen LogP contribution in [-0.4, -0.2) is 172 Å². The predicted molar refractivity (Wildman–Crippen MR) is 408 cm³/mol. The van der Waals surface area contributed by atoms with E-state index in [2.05, 4.69) is 89.3 Å². The molecule has 18 rings (SSSR count). The molecule has 14 heterocycles. The van der Waals surface area contributed by atoms with Crippen molar-refractivity contribution in [1.29, 1.82) is 0 Å². The lowest BCUT2D eigenvalue weighted by atomic mass is 9.94. The van der Waals surface area contributed by atoms with Gasteiger partial charge in [0.1, 0.15) is 81.1 Å². The summed E-state index contributed by atoms with van der Waals surface area (Å²) in [6.45, 7) is 26.1. The lowest BCUT2D eigenvalue weighted by molar-refractivity contribution is -0.193. The number of carbonyl (C=O) groups excluding carboxylic acids is 12. The number of ether oxygens (including phenoxy) is 5. The van der Waals surface area contributed by atoms with E-state index in [4.69, 9.17) is 67.4 Å². The first-order valence-electron chi connectivity index (χ1n) is 34.8. The Kier molecular flexibility index (Phi) is 24.5. The number of halogens is 1. The number of benzene rings is 4. The van der Waals surface area contributed by atoms with Gasteiger partial charge < -0.3 is 69.9 Å². The quantitative estimate of drug-likeness (QED) is 0.102. The summed E-state index contributed by atoms with van der Waals surface area (Å²) in [5, 5.41) is 17.8. The van der Waals surface area contributed by atoms with Gasteiger partial charge in [-0.05, 0) is 151 Å². The maximum absolute atomic E-state index is 13.2. The molecule has 0 saturated carbocycles. The van der Waals surface area contributed by atoms with Crippen LogP contribution in [0.15, 0.2) is 82.8 Å². The second kappa shape index (κ2) is 33.6. The number of rotatable bonds is 4. The van der Waals surface area contributed by atoms with Crippen molar-refractivity contribution in [2.24, 2.45) is 0 Å². The molecule has 0 unspecified atom stereocenters. The van der Waals surface area contributed by atoms with E-state index >= 15 is 0 Å². The van der Waals surface area contributed by atoms with Gasteiger partial charge in [0.2, 0.25) is 0 Å². The predicted octanol–water partition coefficient (Wildman–Crippen LogP) is 9.68. The van der Waals surface area contributed by atoms with Gasteiger partial charge in [0, 0.05) is 66.4 Å². The smallest absolute Gasteiger partial charge is 0.373 e. The highest BCUT2D eigenvalue weighted by Crippen LogP contribution is 2.45. The van der Waals surface area contributed by atoms with Crippen molar-refractivity contribution >= 4 is 153 Å². The van der Waals surface area contributed by atoms with E-state index in [0.29, 0.717) is 67.1 Å².